The van der Waals surface area contributed by atoms with Crippen molar-refractivity contribution in [2.45, 2.75) is 32.4 Å². The SMILES string of the molecule is Cc1ccc(CNc2cnc(C(=O)O)cn2)c(OCC2CCCO2)c1. The van der Waals surface area contributed by atoms with E-state index >= 15 is 0 Å². The van der Waals surface area contributed by atoms with E-state index in [0.717, 1.165) is 36.3 Å². The summed E-state index contributed by atoms with van der Waals surface area (Å²) in [5, 5.41) is 12.0. The minimum atomic E-state index is -1.09. The third-order valence-electron chi connectivity index (χ3n) is 4.00. The quantitative estimate of drug-likeness (QED) is 0.798. The Labute approximate surface area is 146 Å². The lowest BCUT2D eigenvalue weighted by Gasteiger charge is -2.16. The molecule has 3 rings (SSSR count). The number of carboxylic acid groups (broad SMARTS) is 1. The molecule has 2 N–H and O–H groups in total. The zero-order valence-corrected chi connectivity index (χ0v) is 14.1. The summed E-state index contributed by atoms with van der Waals surface area (Å²) >= 11 is 0. The average Bonchev–Trinajstić information content (AvgIpc) is 3.13. The maximum absolute atomic E-state index is 10.8. The van der Waals surface area contributed by atoms with Crippen LogP contribution in [0.5, 0.6) is 5.75 Å². The highest BCUT2D eigenvalue weighted by molar-refractivity contribution is 5.84. The van der Waals surface area contributed by atoms with Crippen LogP contribution in [-0.4, -0.2) is 40.4 Å². The van der Waals surface area contributed by atoms with Gasteiger partial charge in [-0.05, 0) is 31.4 Å². The second-order valence-electron chi connectivity index (χ2n) is 6.00. The van der Waals surface area contributed by atoms with Crippen molar-refractivity contribution in [1.82, 2.24) is 9.97 Å². The molecule has 2 aromatic rings. The van der Waals surface area contributed by atoms with Crippen molar-refractivity contribution in [1.29, 1.82) is 0 Å². The summed E-state index contributed by atoms with van der Waals surface area (Å²) < 4.78 is 11.6. The first-order chi connectivity index (χ1) is 12.1. The summed E-state index contributed by atoms with van der Waals surface area (Å²) in [4.78, 5) is 18.7. The van der Waals surface area contributed by atoms with E-state index in [0.29, 0.717) is 19.0 Å². The maximum atomic E-state index is 10.8. The van der Waals surface area contributed by atoms with E-state index in [1.807, 2.05) is 25.1 Å². The van der Waals surface area contributed by atoms with Gasteiger partial charge in [0.2, 0.25) is 0 Å². The lowest BCUT2D eigenvalue weighted by molar-refractivity contribution is 0.0676. The topological polar surface area (TPSA) is 93.6 Å². The lowest BCUT2D eigenvalue weighted by atomic mass is 10.1. The number of anilines is 1. The Morgan fingerprint density at radius 2 is 2.28 bits per heavy atom. The van der Waals surface area contributed by atoms with Gasteiger partial charge in [0.15, 0.2) is 5.69 Å². The Kier molecular flexibility index (Phi) is 5.45. The lowest BCUT2D eigenvalue weighted by Crippen LogP contribution is -2.17. The number of carboxylic acids is 1. The van der Waals surface area contributed by atoms with Gasteiger partial charge < -0.3 is 19.9 Å². The Morgan fingerprint density at radius 3 is 2.96 bits per heavy atom. The Bertz CT molecular complexity index is 728. The van der Waals surface area contributed by atoms with Crippen LogP contribution in [0.4, 0.5) is 5.82 Å². The second-order valence-corrected chi connectivity index (χ2v) is 6.00. The number of hydrogen-bond acceptors (Lipinski definition) is 6. The van der Waals surface area contributed by atoms with E-state index in [9.17, 15) is 4.79 Å². The second kappa shape index (κ2) is 7.94. The molecule has 0 radical (unpaired) electrons. The average molecular weight is 343 g/mol. The van der Waals surface area contributed by atoms with E-state index in [4.69, 9.17) is 14.6 Å². The number of nitrogens with one attached hydrogen (secondary N) is 1. The molecule has 0 saturated carbocycles. The van der Waals surface area contributed by atoms with Crippen LogP contribution in [-0.2, 0) is 11.3 Å². The summed E-state index contributed by atoms with van der Waals surface area (Å²) in [6.07, 6.45) is 4.92. The van der Waals surface area contributed by atoms with E-state index in [1.165, 1.54) is 12.4 Å². The van der Waals surface area contributed by atoms with Gasteiger partial charge in [0.1, 0.15) is 18.2 Å². The minimum Gasteiger partial charge on any atom is -0.491 e. The minimum absolute atomic E-state index is 0.0820. The standard InChI is InChI=1S/C18H21N3O4/c1-12-4-5-13(16(7-12)25-11-14-3-2-6-24-14)8-20-17-10-19-15(9-21-17)18(22)23/h4-5,7,9-10,14H,2-3,6,8,11H2,1H3,(H,20,21)(H,22,23). The van der Waals surface area contributed by atoms with Crippen LogP contribution in [0.1, 0.15) is 34.5 Å². The van der Waals surface area contributed by atoms with Crippen LogP contribution in [0.25, 0.3) is 0 Å². The Hall–Kier alpha value is -2.67. The highest BCUT2D eigenvalue weighted by Crippen LogP contribution is 2.23. The third kappa shape index (κ3) is 4.67. The Balaban J connectivity index is 1.63. The summed E-state index contributed by atoms with van der Waals surface area (Å²) in [5.41, 5.74) is 2.03. The van der Waals surface area contributed by atoms with Gasteiger partial charge in [-0.1, -0.05) is 12.1 Å². The molecule has 0 aliphatic carbocycles. The highest BCUT2D eigenvalue weighted by atomic mass is 16.5. The van der Waals surface area contributed by atoms with Gasteiger partial charge in [0.05, 0.1) is 18.5 Å². The smallest absolute Gasteiger partial charge is 0.356 e. The summed E-state index contributed by atoms with van der Waals surface area (Å²) in [7, 11) is 0. The molecule has 2 heterocycles. The molecule has 1 aromatic carbocycles. The number of aryl methyl sites for hydroxylation is 1. The normalized spacial score (nSPS) is 16.6. The van der Waals surface area contributed by atoms with Gasteiger partial charge in [0, 0.05) is 18.7 Å². The molecule has 0 amide bonds. The molecule has 1 saturated heterocycles. The van der Waals surface area contributed by atoms with Crippen molar-refractivity contribution in [3.05, 3.63) is 47.4 Å². The Morgan fingerprint density at radius 1 is 1.40 bits per heavy atom. The largest absolute Gasteiger partial charge is 0.491 e. The molecular formula is C18H21N3O4. The van der Waals surface area contributed by atoms with Crippen molar-refractivity contribution in [2.24, 2.45) is 0 Å². The van der Waals surface area contributed by atoms with Crippen molar-refractivity contribution >= 4 is 11.8 Å². The van der Waals surface area contributed by atoms with E-state index in [-0.39, 0.29) is 11.8 Å². The fraction of sp³-hybridized carbons (Fsp3) is 0.389. The molecule has 0 bridgehead atoms. The molecule has 132 valence electrons. The maximum Gasteiger partial charge on any atom is 0.356 e. The zero-order valence-electron chi connectivity index (χ0n) is 14.1. The van der Waals surface area contributed by atoms with Crippen LogP contribution >= 0.6 is 0 Å². The molecule has 0 spiro atoms. The van der Waals surface area contributed by atoms with Gasteiger partial charge in [-0.3, -0.25) is 0 Å². The third-order valence-corrected chi connectivity index (χ3v) is 4.00. The number of hydrogen-bond donors (Lipinski definition) is 2. The van der Waals surface area contributed by atoms with Gasteiger partial charge in [-0.2, -0.15) is 0 Å². The molecule has 1 aliphatic heterocycles. The van der Waals surface area contributed by atoms with Crippen molar-refractivity contribution in [3.63, 3.8) is 0 Å². The first kappa shape index (κ1) is 17.2. The first-order valence-electron chi connectivity index (χ1n) is 8.25. The number of nitrogens with zero attached hydrogens (tertiary/aromatic N) is 2. The number of rotatable bonds is 7. The molecule has 1 fully saturated rings. The van der Waals surface area contributed by atoms with Gasteiger partial charge in [0.25, 0.3) is 0 Å². The van der Waals surface area contributed by atoms with E-state index in [2.05, 4.69) is 15.3 Å². The number of aromatic nitrogens is 2. The highest BCUT2D eigenvalue weighted by Gasteiger charge is 2.17. The molecule has 1 aromatic heterocycles. The van der Waals surface area contributed by atoms with Crippen molar-refractivity contribution in [3.8, 4) is 5.75 Å². The first-order valence-corrected chi connectivity index (χ1v) is 8.25. The summed E-state index contributed by atoms with van der Waals surface area (Å²) in [6, 6.07) is 6.03. The fourth-order valence-corrected chi connectivity index (χ4v) is 2.62. The molecule has 1 aliphatic rings. The number of benzene rings is 1. The van der Waals surface area contributed by atoms with Crippen LogP contribution in [0.3, 0.4) is 0 Å². The molecule has 1 unspecified atom stereocenters. The van der Waals surface area contributed by atoms with Gasteiger partial charge in [-0.15, -0.1) is 0 Å². The predicted molar refractivity (Wildman–Crippen MR) is 92.0 cm³/mol. The number of aromatic carboxylic acids is 1. The summed E-state index contributed by atoms with van der Waals surface area (Å²) in [6.45, 7) is 3.87. The molecule has 7 heteroatoms. The van der Waals surface area contributed by atoms with Gasteiger partial charge in [-0.25, -0.2) is 14.8 Å². The number of ether oxygens (including phenoxy) is 2. The van der Waals surface area contributed by atoms with Crippen molar-refractivity contribution in [2.75, 3.05) is 18.5 Å². The molecule has 1 atom stereocenters. The predicted octanol–water partition coefficient (Wildman–Crippen LogP) is 2.65. The molecule has 7 nitrogen and oxygen atoms in total. The monoisotopic (exact) mass is 343 g/mol. The zero-order chi connectivity index (χ0) is 17.6. The van der Waals surface area contributed by atoms with E-state index in [1.54, 1.807) is 0 Å². The summed E-state index contributed by atoms with van der Waals surface area (Å²) in [5.74, 6) is 0.233. The van der Waals surface area contributed by atoms with Crippen LogP contribution < -0.4 is 10.1 Å². The van der Waals surface area contributed by atoms with Crippen molar-refractivity contribution < 1.29 is 19.4 Å². The van der Waals surface area contributed by atoms with Crippen LogP contribution in [0, 0.1) is 6.92 Å². The fourth-order valence-electron chi connectivity index (χ4n) is 2.62. The van der Waals surface area contributed by atoms with E-state index < -0.39 is 5.97 Å². The number of carbonyl (C=O) groups is 1. The van der Waals surface area contributed by atoms with Crippen LogP contribution in [0.2, 0.25) is 0 Å². The van der Waals surface area contributed by atoms with Crippen LogP contribution in [0.15, 0.2) is 30.6 Å². The molecular weight excluding hydrogens is 322 g/mol. The van der Waals surface area contributed by atoms with Gasteiger partial charge >= 0.3 is 5.97 Å². The molecule has 25 heavy (non-hydrogen) atoms.